The van der Waals surface area contributed by atoms with Crippen LogP contribution >= 0.6 is 15.9 Å². The summed E-state index contributed by atoms with van der Waals surface area (Å²) in [5, 5.41) is 3.43. The van der Waals surface area contributed by atoms with E-state index >= 15 is 0 Å². The number of anilines is 1. The molecule has 0 spiro atoms. The molecule has 0 amide bonds. The molecule has 2 aromatic rings. The molecule has 21 heavy (non-hydrogen) atoms. The van der Waals surface area contributed by atoms with Gasteiger partial charge in [0.05, 0.1) is 20.3 Å². The summed E-state index contributed by atoms with van der Waals surface area (Å²) >= 11 is 3.53. The average molecular weight is 351 g/mol. The number of methoxy groups -OCH3 is 2. The Balaban J connectivity index is 2.31. The van der Waals surface area contributed by atoms with E-state index in [1.807, 2.05) is 42.5 Å². The van der Waals surface area contributed by atoms with Gasteiger partial charge in [-0.25, -0.2) is 0 Å². The van der Waals surface area contributed by atoms with Gasteiger partial charge in [0.15, 0.2) is 0 Å². The van der Waals surface area contributed by atoms with Crippen molar-refractivity contribution in [3.8, 4) is 11.5 Å². The molecule has 2 rings (SSSR count). The van der Waals surface area contributed by atoms with E-state index < -0.39 is 0 Å². The molecule has 0 radical (unpaired) electrons. The van der Waals surface area contributed by atoms with Crippen LogP contribution in [0.15, 0.2) is 46.9 Å². The number of ether oxygens (including phenoxy) is 2. The first-order valence-electron chi connectivity index (χ1n) is 6.62. The number of hydrogen-bond donors (Lipinski definition) is 2. The van der Waals surface area contributed by atoms with Gasteiger partial charge in [-0.15, -0.1) is 0 Å². The van der Waals surface area contributed by atoms with Crippen LogP contribution in [-0.2, 0) is 0 Å². The van der Waals surface area contributed by atoms with Gasteiger partial charge in [0.25, 0.3) is 0 Å². The molecule has 1 unspecified atom stereocenters. The molecule has 0 fully saturated rings. The Morgan fingerprint density at radius 1 is 1.14 bits per heavy atom. The average Bonchev–Trinajstić information content (AvgIpc) is 2.53. The normalized spacial score (nSPS) is 11.8. The van der Waals surface area contributed by atoms with Crippen molar-refractivity contribution in [3.05, 3.63) is 52.5 Å². The second-order valence-corrected chi connectivity index (χ2v) is 5.37. The van der Waals surface area contributed by atoms with Crippen molar-refractivity contribution in [2.24, 2.45) is 5.73 Å². The lowest BCUT2D eigenvalue weighted by Gasteiger charge is -2.22. The van der Waals surface area contributed by atoms with Gasteiger partial charge in [-0.1, -0.05) is 12.1 Å². The van der Waals surface area contributed by atoms with Crippen molar-refractivity contribution in [1.82, 2.24) is 0 Å². The molecule has 2 aromatic carbocycles. The summed E-state index contributed by atoms with van der Waals surface area (Å²) in [4.78, 5) is 0. The maximum atomic E-state index is 5.93. The van der Waals surface area contributed by atoms with E-state index in [1.165, 1.54) is 0 Å². The fourth-order valence-electron chi connectivity index (χ4n) is 2.14. The lowest BCUT2D eigenvalue weighted by atomic mass is 10.0. The van der Waals surface area contributed by atoms with Crippen LogP contribution in [0.1, 0.15) is 11.6 Å². The van der Waals surface area contributed by atoms with Crippen LogP contribution in [0.25, 0.3) is 0 Å². The quantitative estimate of drug-likeness (QED) is 0.835. The molecule has 112 valence electrons. The van der Waals surface area contributed by atoms with Crippen molar-refractivity contribution >= 4 is 21.6 Å². The molecule has 0 aliphatic carbocycles. The van der Waals surface area contributed by atoms with E-state index in [4.69, 9.17) is 15.2 Å². The number of halogens is 1. The first-order valence-corrected chi connectivity index (χ1v) is 7.42. The topological polar surface area (TPSA) is 56.5 Å². The summed E-state index contributed by atoms with van der Waals surface area (Å²) in [6.45, 7) is 0.448. The number of benzene rings is 2. The minimum absolute atomic E-state index is 0.0513. The van der Waals surface area contributed by atoms with Crippen LogP contribution in [0.2, 0.25) is 0 Å². The van der Waals surface area contributed by atoms with Crippen LogP contribution in [0.5, 0.6) is 11.5 Å². The molecule has 0 bridgehead atoms. The minimum Gasteiger partial charge on any atom is -0.497 e. The fourth-order valence-corrected chi connectivity index (χ4v) is 2.54. The van der Waals surface area contributed by atoms with Gasteiger partial charge in [-0.3, -0.25) is 0 Å². The standard InChI is InChI=1S/C16H19BrN2O2/c1-20-11-7-8-12(16(9-11)21-2)15(10-18)19-14-6-4-3-5-13(14)17/h3-9,15,19H,10,18H2,1-2H3. The highest BCUT2D eigenvalue weighted by Gasteiger charge is 2.16. The van der Waals surface area contributed by atoms with Gasteiger partial charge in [0, 0.05) is 28.3 Å². The SMILES string of the molecule is COc1ccc(C(CN)Nc2ccccc2Br)c(OC)c1. The summed E-state index contributed by atoms with van der Waals surface area (Å²) in [5.41, 5.74) is 7.92. The van der Waals surface area contributed by atoms with E-state index in [0.717, 1.165) is 27.2 Å². The van der Waals surface area contributed by atoms with E-state index in [1.54, 1.807) is 14.2 Å². The zero-order chi connectivity index (χ0) is 15.2. The summed E-state index contributed by atoms with van der Waals surface area (Å²) in [6.07, 6.45) is 0. The second-order valence-electron chi connectivity index (χ2n) is 4.52. The molecule has 0 saturated heterocycles. The van der Waals surface area contributed by atoms with Gasteiger partial charge in [-0.2, -0.15) is 0 Å². The monoisotopic (exact) mass is 350 g/mol. The number of nitrogens with one attached hydrogen (secondary N) is 1. The predicted octanol–water partition coefficient (Wildman–Crippen LogP) is 3.58. The predicted molar refractivity (Wildman–Crippen MR) is 89.1 cm³/mol. The van der Waals surface area contributed by atoms with Crippen molar-refractivity contribution in [1.29, 1.82) is 0 Å². The molecule has 4 nitrogen and oxygen atoms in total. The third-order valence-electron chi connectivity index (χ3n) is 3.26. The second kappa shape index (κ2) is 7.33. The van der Waals surface area contributed by atoms with Crippen LogP contribution in [0, 0.1) is 0 Å². The van der Waals surface area contributed by atoms with Crippen LogP contribution in [0.4, 0.5) is 5.69 Å². The Kier molecular flexibility index (Phi) is 5.47. The smallest absolute Gasteiger partial charge is 0.127 e. The molecule has 0 aromatic heterocycles. The van der Waals surface area contributed by atoms with E-state index in [2.05, 4.69) is 21.2 Å². The number of rotatable bonds is 6. The molecule has 0 saturated carbocycles. The lowest BCUT2D eigenvalue weighted by molar-refractivity contribution is 0.389. The summed E-state index contributed by atoms with van der Waals surface area (Å²) in [5.74, 6) is 1.51. The number of para-hydroxylation sites is 1. The van der Waals surface area contributed by atoms with Crippen molar-refractivity contribution in [3.63, 3.8) is 0 Å². The Hall–Kier alpha value is -1.72. The fraction of sp³-hybridized carbons (Fsp3) is 0.250. The highest BCUT2D eigenvalue weighted by molar-refractivity contribution is 9.10. The van der Waals surface area contributed by atoms with Crippen LogP contribution in [0.3, 0.4) is 0 Å². The maximum absolute atomic E-state index is 5.93. The van der Waals surface area contributed by atoms with Gasteiger partial charge >= 0.3 is 0 Å². The Bertz CT molecular complexity index is 605. The van der Waals surface area contributed by atoms with Crippen LogP contribution in [-0.4, -0.2) is 20.8 Å². The Labute approximate surface area is 133 Å². The molecule has 3 N–H and O–H groups in total. The molecule has 1 atom stereocenters. The van der Waals surface area contributed by atoms with E-state index in [9.17, 15) is 0 Å². The van der Waals surface area contributed by atoms with Gasteiger partial charge in [-0.05, 0) is 40.2 Å². The third-order valence-corrected chi connectivity index (χ3v) is 3.95. The lowest BCUT2D eigenvalue weighted by Crippen LogP contribution is -2.21. The summed E-state index contributed by atoms with van der Waals surface area (Å²) in [6, 6.07) is 13.6. The van der Waals surface area contributed by atoms with E-state index in [0.29, 0.717) is 6.54 Å². The minimum atomic E-state index is -0.0513. The summed E-state index contributed by atoms with van der Waals surface area (Å²) < 4.78 is 11.7. The number of nitrogens with two attached hydrogens (primary N) is 1. The van der Waals surface area contributed by atoms with Crippen molar-refractivity contribution < 1.29 is 9.47 Å². The molecular formula is C16H19BrN2O2. The van der Waals surface area contributed by atoms with Gasteiger partial charge in [0.2, 0.25) is 0 Å². The third kappa shape index (κ3) is 3.68. The molecular weight excluding hydrogens is 332 g/mol. The first-order chi connectivity index (χ1) is 10.2. The number of hydrogen-bond acceptors (Lipinski definition) is 4. The van der Waals surface area contributed by atoms with Gasteiger partial charge in [0.1, 0.15) is 11.5 Å². The molecule has 0 aliphatic heterocycles. The molecule has 5 heteroatoms. The molecule has 0 aliphatic rings. The highest BCUT2D eigenvalue weighted by Crippen LogP contribution is 2.32. The largest absolute Gasteiger partial charge is 0.497 e. The van der Waals surface area contributed by atoms with Crippen LogP contribution < -0.4 is 20.5 Å². The zero-order valence-corrected chi connectivity index (χ0v) is 13.7. The Morgan fingerprint density at radius 2 is 1.90 bits per heavy atom. The van der Waals surface area contributed by atoms with Gasteiger partial charge < -0.3 is 20.5 Å². The summed E-state index contributed by atoms with van der Waals surface area (Å²) in [7, 11) is 3.28. The van der Waals surface area contributed by atoms with Crippen molar-refractivity contribution in [2.45, 2.75) is 6.04 Å². The Morgan fingerprint density at radius 3 is 2.52 bits per heavy atom. The highest BCUT2D eigenvalue weighted by atomic mass is 79.9. The molecule has 0 heterocycles. The zero-order valence-electron chi connectivity index (χ0n) is 12.1. The maximum Gasteiger partial charge on any atom is 0.127 e. The van der Waals surface area contributed by atoms with E-state index in [-0.39, 0.29) is 6.04 Å². The first kappa shape index (κ1) is 15.7. The van der Waals surface area contributed by atoms with Crippen molar-refractivity contribution in [2.75, 3.05) is 26.1 Å².